The number of aromatic nitrogens is 1. The van der Waals surface area contributed by atoms with Crippen molar-refractivity contribution in [3.63, 3.8) is 0 Å². The average Bonchev–Trinajstić information content (AvgIpc) is 2.88. The van der Waals surface area contributed by atoms with Gasteiger partial charge in [0.25, 0.3) is 6.01 Å². The maximum atomic E-state index is 5.59. The van der Waals surface area contributed by atoms with Crippen molar-refractivity contribution in [2.45, 2.75) is 58.0 Å². The van der Waals surface area contributed by atoms with E-state index in [9.17, 15) is 0 Å². The van der Waals surface area contributed by atoms with Crippen LogP contribution in [0, 0.1) is 0 Å². The van der Waals surface area contributed by atoms with E-state index in [-0.39, 0.29) is 0 Å². The Morgan fingerprint density at radius 3 is 2.89 bits per heavy atom. The minimum atomic E-state index is 0.605. The highest BCUT2D eigenvalue weighted by molar-refractivity contribution is 5.27. The van der Waals surface area contributed by atoms with Crippen molar-refractivity contribution in [2.24, 2.45) is 0 Å². The standard InChI is InChI=1S/C14H25N3O/c1-3-9-15-10-12-11-18-14(16-12)17(2)13-7-5-4-6-8-13/h11,13,15H,3-10H2,1-2H3. The number of rotatable bonds is 6. The van der Waals surface area contributed by atoms with Gasteiger partial charge in [-0.25, -0.2) is 0 Å². The maximum absolute atomic E-state index is 5.59. The Morgan fingerprint density at radius 1 is 1.39 bits per heavy atom. The summed E-state index contributed by atoms with van der Waals surface area (Å²) in [6, 6.07) is 1.38. The fourth-order valence-corrected chi connectivity index (χ4v) is 2.56. The molecule has 0 aliphatic heterocycles. The zero-order chi connectivity index (χ0) is 12.8. The molecule has 0 spiro atoms. The Labute approximate surface area is 110 Å². The van der Waals surface area contributed by atoms with Gasteiger partial charge < -0.3 is 14.6 Å². The van der Waals surface area contributed by atoms with Gasteiger partial charge in [-0.1, -0.05) is 26.2 Å². The van der Waals surface area contributed by atoms with Gasteiger partial charge in [-0.2, -0.15) is 4.98 Å². The topological polar surface area (TPSA) is 41.3 Å². The summed E-state index contributed by atoms with van der Waals surface area (Å²) in [5, 5.41) is 3.34. The van der Waals surface area contributed by atoms with Crippen molar-refractivity contribution in [3.8, 4) is 0 Å². The molecule has 1 aromatic heterocycles. The van der Waals surface area contributed by atoms with E-state index in [2.05, 4.69) is 29.2 Å². The second-order valence-corrected chi connectivity index (χ2v) is 5.20. The second kappa shape index (κ2) is 6.78. The molecule has 1 saturated carbocycles. The molecule has 102 valence electrons. The normalized spacial score (nSPS) is 17.0. The van der Waals surface area contributed by atoms with Gasteiger partial charge in [-0.15, -0.1) is 0 Å². The quantitative estimate of drug-likeness (QED) is 0.789. The highest BCUT2D eigenvalue weighted by Crippen LogP contribution is 2.25. The molecule has 0 amide bonds. The highest BCUT2D eigenvalue weighted by Gasteiger charge is 2.21. The number of anilines is 1. The first kappa shape index (κ1) is 13.4. The molecule has 0 atom stereocenters. The summed E-state index contributed by atoms with van der Waals surface area (Å²) in [6.45, 7) is 3.99. The molecule has 1 fully saturated rings. The lowest BCUT2D eigenvalue weighted by Gasteiger charge is -2.29. The molecule has 2 rings (SSSR count). The Kier molecular flexibility index (Phi) is 5.05. The van der Waals surface area contributed by atoms with Crippen molar-refractivity contribution in [1.29, 1.82) is 0 Å². The van der Waals surface area contributed by atoms with Gasteiger partial charge >= 0.3 is 0 Å². The van der Waals surface area contributed by atoms with Gasteiger partial charge in [0.15, 0.2) is 0 Å². The number of hydrogen-bond acceptors (Lipinski definition) is 4. The molecule has 0 radical (unpaired) electrons. The number of oxazole rings is 1. The van der Waals surface area contributed by atoms with E-state index in [4.69, 9.17) is 4.42 Å². The zero-order valence-corrected chi connectivity index (χ0v) is 11.6. The largest absolute Gasteiger partial charge is 0.432 e. The molecule has 1 aliphatic carbocycles. The summed E-state index contributed by atoms with van der Waals surface area (Å²) in [6.07, 6.45) is 9.50. The van der Waals surface area contributed by atoms with Gasteiger partial charge in [-0.05, 0) is 25.8 Å². The molecule has 0 unspecified atom stereocenters. The number of nitrogens with zero attached hydrogens (tertiary/aromatic N) is 2. The summed E-state index contributed by atoms with van der Waals surface area (Å²) >= 11 is 0. The van der Waals surface area contributed by atoms with Crippen molar-refractivity contribution >= 4 is 6.01 Å². The molecule has 4 heteroatoms. The summed E-state index contributed by atoms with van der Waals surface area (Å²) in [4.78, 5) is 6.76. The first-order valence-electron chi connectivity index (χ1n) is 7.19. The monoisotopic (exact) mass is 251 g/mol. The average molecular weight is 251 g/mol. The first-order valence-corrected chi connectivity index (χ1v) is 7.19. The van der Waals surface area contributed by atoms with Crippen LogP contribution < -0.4 is 10.2 Å². The van der Waals surface area contributed by atoms with Crippen molar-refractivity contribution < 1.29 is 4.42 Å². The lowest BCUT2D eigenvalue weighted by atomic mass is 9.95. The molecular weight excluding hydrogens is 226 g/mol. The van der Waals surface area contributed by atoms with Crippen molar-refractivity contribution in [3.05, 3.63) is 12.0 Å². The van der Waals surface area contributed by atoms with Crippen LogP contribution in [-0.2, 0) is 6.54 Å². The predicted molar refractivity (Wildman–Crippen MR) is 73.8 cm³/mol. The van der Waals surface area contributed by atoms with Crippen LogP contribution in [0.3, 0.4) is 0 Å². The third-order valence-corrected chi connectivity index (χ3v) is 3.70. The van der Waals surface area contributed by atoms with E-state index in [1.54, 1.807) is 6.26 Å². The van der Waals surface area contributed by atoms with Crippen LogP contribution >= 0.6 is 0 Å². The van der Waals surface area contributed by atoms with Gasteiger partial charge in [0.05, 0.1) is 5.69 Å². The van der Waals surface area contributed by atoms with Gasteiger partial charge in [0, 0.05) is 19.6 Å². The van der Waals surface area contributed by atoms with Gasteiger partial charge in [-0.3, -0.25) is 0 Å². The molecule has 4 nitrogen and oxygen atoms in total. The van der Waals surface area contributed by atoms with Crippen LogP contribution in [0.2, 0.25) is 0 Å². The molecule has 1 heterocycles. The Morgan fingerprint density at radius 2 is 2.17 bits per heavy atom. The smallest absolute Gasteiger partial charge is 0.297 e. The SMILES string of the molecule is CCCNCc1coc(N(C)C2CCCCC2)n1. The molecule has 0 saturated heterocycles. The lowest BCUT2D eigenvalue weighted by molar-refractivity contribution is 0.405. The molecular formula is C14H25N3O. The summed E-state index contributed by atoms with van der Waals surface area (Å²) in [5.41, 5.74) is 1.00. The van der Waals surface area contributed by atoms with Crippen LogP contribution in [0.1, 0.15) is 51.1 Å². The first-order chi connectivity index (χ1) is 8.81. The minimum Gasteiger partial charge on any atom is -0.432 e. The van der Waals surface area contributed by atoms with Crippen LogP contribution in [0.5, 0.6) is 0 Å². The van der Waals surface area contributed by atoms with E-state index in [1.165, 1.54) is 32.1 Å². The number of hydrogen-bond donors (Lipinski definition) is 1. The van der Waals surface area contributed by atoms with Crippen molar-refractivity contribution in [1.82, 2.24) is 10.3 Å². The molecule has 1 aromatic rings. The van der Waals surface area contributed by atoms with Crippen LogP contribution in [0.4, 0.5) is 6.01 Å². The molecule has 1 N–H and O–H groups in total. The van der Waals surface area contributed by atoms with Crippen LogP contribution in [0.15, 0.2) is 10.7 Å². The molecule has 0 aromatic carbocycles. The minimum absolute atomic E-state index is 0.605. The fraction of sp³-hybridized carbons (Fsp3) is 0.786. The Balaban J connectivity index is 1.87. The van der Waals surface area contributed by atoms with E-state index in [0.717, 1.165) is 31.2 Å². The van der Waals surface area contributed by atoms with Crippen molar-refractivity contribution in [2.75, 3.05) is 18.5 Å². The van der Waals surface area contributed by atoms with E-state index < -0.39 is 0 Å². The zero-order valence-electron chi connectivity index (χ0n) is 11.6. The molecule has 1 aliphatic rings. The van der Waals surface area contributed by atoms with Crippen LogP contribution in [0.25, 0.3) is 0 Å². The predicted octanol–water partition coefficient (Wildman–Crippen LogP) is 2.94. The summed E-state index contributed by atoms with van der Waals surface area (Å²) in [5.74, 6) is 0. The third-order valence-electron chi connectivity index (χ3n) is 3.70. The van der Waals surface area contributed by atoms with Crippen LogP contribution in [-0.4, -0.2) is 24.6 Å². The van der Waals surface area contributed by atoms with E-state index in [1.807, 2.05) is 0 Å². The highest BCUT2D eigenvalue weighted by atomic mass is 16.4. The molecule has 18 heavy (non-hydrogen) atoms. The van der Waals surface area contributed by atoms with Gasteiger partial charge in [0.1, 0.15) is 6.26 Å². The molecule has 0 bridgehead atoms. The van der Waals surface area contributed by atoms with Gasteiger partial charge in [0.2, 0.25) is 0 Å². The Bertz CT molecular complexity index is 345. The number of nitrogens with one attached hydrogen (secondary N) is 1. The second-order valence-electron chi connectivity index (χ2n) is 5.20. The van der Waals surface area contributed by atoms with E-state index >= 15 is 0 Å². The maximum Gasteiger partial charge on any atom is 0.297 e. The lowest BCUT2D eigenvalue weighted by Crippen LogP contribution is -2.33. The Hall–Kier alpha value is -1.03. The summed E-state index contributed by atoms with van der Waals surface area (Å²) < 4.78 is 5.59. The fourth-order valence-electron chi connectivity index (χ4n) is 2.56. The third kappa shape index (κ3) is 3.48. The summed E-state index contributed by atoms with van der Waals surface area (Å²) in [7, 11) is 2.10. The van der Waals surface area contributed by atoms with E-state index in [0.29, 0.717) is 6.04 Å².